The number of hydrogen-bond acceptors (Lipinski definition) is 4. The maximum absolute atomic E-state index is 12.8. The van der Waals surface area contributed by atoms with E-state index in [4.69, 9.17) is 0 Å². The molecule has 0 aliphatic carbocycles. The molecule has 3 rings (SSSR count). The number of carbonyl (C=O) groups excluding carboxylic acids is 1. The number of rotatable bonds is 7. The Bertz CT molecular complexity index is 1150. The van der Waals surface area contributed by atoms with Gasteiger partial charge in [-0.05, 0) is 35.9 Å². The van der Waals surface area contributed by atoms with Crippen LogP contribution in [0.4, 0.5) is 14.5 Å². The highest BCUT2D eigenvalue weighted by molar-refractivity contribution is 7.90. The van der Waals surface area contributed by atoms with Crippen molar-refractivity contribution in [2.75, 3.05) is 11.6 Å². The third-order valence-corrected chi connectivity index (χ3v) is 5.46. The van der Waals surface area contributed by atoms with Gasteiger partial charge < -0.3 is 10.1 Å². The molecule has 1 N–H and O–H groups in total. The molecule has 156 valence electrons. The lowest BCUT2D eigenvalue weighted by atomic mass is 10.0. The van der Waals surface area contributed by atoms with Crippen molar-refractivity contribution in [1.82, 2.24) is 0 Å². The van der Waals surface area contributed by atoms with Gasteiger partial charge in [-0.15, -0.1) is 0 Å². The zero-order valence-electron chi connectivity index (χ0n) is 16.0. The zero-order valence-corrected chi connectivity index (χ0v) is 16.8. The average Bonchev–Trinajstić information content (AvgIpc) is 2.70. The van der Waals surface area contributed by atoms with E-state index in [-0.39, 0.29) is 16.2 Å². The lowest BCUT2D eigenvalue weighted by Gasteiger charge is -2.14. The second kappa shape index (κ2) is 9.04. The largest absolute Gasteiger partial charge is 0.435 e. The highest BCUT2D eigenvalue weighted by Gasteiger charge is 2.19. The first-order valence-electron chi connectivity index (χ1n) is 8.96. The van der Waals surface area contributed by atoms with Crippen molar-refractivity contribution in [2.24, 2.45) is 0 Å². The summed E-state index contributed by atoms with van der Waals surface area (Å²) in [5, 5.41) is 2.63. The van der Waals surface area contributed by atoms with Crippen LogP contribution in [0.25, 0.3) is 0 Å². The number of carbonyl (C=O) groups is 1. The number of ether oxygens (including phenoxy) is 1. The summed E-state index contributed by atoms with van der Waals surface area (Å²) in [6.07, 6.45) is 1.33. The van der Waals surface area contributed by atoms with Gasteiger partial charge in [0, 0.05) is 23.9 Å². The molecule has 3 aromatic carbocycles. The van der Waals surface area contributed by atoms with Gasteiger partial charge in [-0.25, -0.2) is 8.42 Å². The molecule has 0 heterocycles. The Balaban J connectivity index is 1.92. The van der Waals surface area contributed by atoms with Crippen LogP contribution in [0.5, 0.6) is 5.75 Å². The number of anilines is 1. The topological polar surface area (TPSA) is 72.5 Å². The Morgan fingerprint density at radius 3 is 2.33 bits per heavy atom. The lowest BCUT2D eigenvalue weighted by molar-refractivity contribution is -0.0503. The van der Waals surface area contributed by atoms with Crippen molar-refractivity contribution >= 4 is 21.4 Å². The highest BCUT2D eigenvalue weighted by atomic mass is 32.2. The number of nitrogens with one attached hydrogen (secondary N) is 1. The van der Waals surface area contributed by atoms with E-state index >= 15 is 0 Å². The second-order valence-electron chi connectivity index (χ2n) is 6.59. The molecule has 0 spiro atoms. The Morgan fingerprint density at radius 1 is 1.00 bits per heavy atom. The van der Waals surface area contributed by atoms with Gasteiger partial charge in [0.05, 0.1) is 10.5 Å². The molecule has 30 heavy (non-hydrogen) atoms. The third kappa shape index (κ3) is 5.42. The highest BCUT2D eigenvalue weighted by Crippen LogP contribution is 2.28. The molecule has 0 aliphatic rings. The van der Waals surface area contributed by atoms with Crippen LogP contribution in [-0.2, 0) is 16.3 Å². The molecule has 0 bridgehead atoms. The Labute approximate surface area is 173 Å². The fourth-order valence-corrected chi connectivity index (χ4v) is 3.88. The molecule has 3 aromatic rings. The summed E-state index contributed by atoms with van der Waals surface area (Å²) in [4.78, 5) is 12.6. The molecule has 0 radical (unpaired) electrons. The summed E-state index contributed by atoms with van der Waals surface area (Å²) in [5.41, 5.74) is 1.66. The van der Waals surface area contributed by atoms with E-state index < -0.39 is 22.4 Å². The standard InChI is InChI=1S/C22H19F2NO4S/c1-30(27,28)20-10-6-5-9-18(20)21(26)25-17-11-12-19(29-22(23)24)16(14-17)13-15-7-3-2-4-8-15/h2-12,14,22H,13H2,1H3,(H,25,26). The number of halogens is 2. The van der Waals surface area contributed by atoms with Gasteiger partial charge >= 0.3 is 6.61 Å². The molecule has 8 heteroatoms. The first-order chi connectivity index (χ1) is 14.2. The molecule has 0 aromatic heterocycles. The molecule has 0 unspecified atom stereocenters. The number of hydrogen-bond donors (Lipinski definition) is 1. The Hall–Kier alpha value is -3.26. The van der Waals surface area contributed by atoms with E-state index in [1.807, 2.05) is 30.3 Å². The predicted molar refractivity (Wildman–Crippen MR) is 110 cm³/mol. The lowest BCUT2D eigenvalue weighted by Crippen LogP contribution is -2.16. The van der Waals surface area contributed by atoms with Crippen LogP contribution >= 0.6 is 0 Å². The van der Waals surface area contributed by atoms with Gasteiger partial charge in [-0.1, -0.05) is 42.5 Å². The van der Waals surface area contributed by atoms with Gasteiger partial charge in [-0.2, -0.15) is 8.78 Å². The molecule has 0 fully saturated rings. The van der Waals surface area contributed by atoms with Gasteiger partial charge in [0.15, 0.2) is 9.84 Å². The van der Waals surface area contributed by atoms with E-state index in [0.717, 1.165) is 11.8 Å². The van der Waals surface area contributed by atoms with Crippen molar-refractivity contribution < 1.29 is 26.7 Å². The molecule has 0 atom stereocenters. The zero-order chi connectivity index (χ0) is 21.7. The molecular weight excluding hydrogens is 412 g/mol. The second-order valence-corrected chi connectivity index (χ2v) is 8.57. The van der Waals surface area contributed by atoms with Crippen LogP contribution in [0.3, 0.4) is 0 Å². The van der Waals surface area contributed by atoms with Gasteiger partial charge in [-0.3, -0.25) is 4.79 Å². The molecule has 1 amide bonds. The summed E-state index contributed by atoms with van der Waals surface area (Å²) in [5.74, 6) is -0.618. The first-order valence-corrected chi connectivity index (χ1v) is 10.9. The van der Waals surface area contributed by atoms with E-state index in [1.165, 1.54) is 36.4 Å². The summed E-state index contributed by atoms with van der Waals surface area (Å²) in [7, 11) is -3.60. The van der Waals surface area contributed by atoms with Crippen LogP contribution in [0.15, 0.2) is 77.7 Å². The first kappa shape index (κ1) is 21.4. The number of sulfone groups is 1. The Kier molecular flexibility index (Phi) is 6.47. The summed E-state index contributed by atoms with van der Waals surface area (Å²) < 4.78 is 54.1. The molecule has 0 saturated heterocycles. The number of benzene rings is 3. The molecular formula is C22H19F2NO4S. The van der Waals surface area contributed by atoms with Crippen LogP contribution in [0.2, 0.25) is 0 Å². The summed E-state index contributed by atoms with van der Waals surface area (Å²) >= 11 is 0. The van der Waals surface area contributed by atoms with Crippen LogP contribution < -0.4 is 10.1 Å². The van der Waals surface area contributed by atoms with Crippen molar-refractivity contribution in [3.05, 3.63) is 89.5 Å². The SMILES string of the molecule is CS(=O)(=O)c1ccccc1C(=O)Nc1ccc(OC(F)F)c(Cc2ccccc2)c1. The van der Waals surface area contributed by atoms with E-state index in [9.17, 15) is 22.0 Å². The van der Waals surface area contributed by atoms with Crippen LogP contribution in [0, 0.1) is 0 Å². The van der Waals surface area contributed by atoms with Gasteiger partial charge in [0.25, 0.3) is 5.91 Å². The van der Waals surface area contributed by atoms with Crippen molar-refractivity contribution in [2.45, 2.75) is 17.9 Å². The smallest absolute Gasteiger partial charge is 0.387 e. The maximum atomic E-state index is 12.8. The van der Waals surface area contributed by atoms with Crippen molar-refractivity contribution in [1.29, 1.82) is 0 Å². The van der Waals surface area contributed by atoms with Crippen molar-refractivity contribution in [3.63, 3.8) is 0 Å². The van der Waals surface area contributed by atoms with Crippen LogP contribution in [0.1, 0.15) is 21.5 Å². The average molecular weight is 431 g/mol. The van der Waals surface area contributed by atoms with E-state index in [2.05, 4.69) is 10.1 Å². The van der Waals surface area contributed by atoms with Gasteiger partial charge in [0.2, 0.25) is 0 Å². The molecule has 0 saturated carbocycles. The quantitative estimate of drug-likeness (QED) is 0.596. The van der Waals surface area contributed by atoms with E-state index in [0.29, 0.717) is 17.7 Å². The monoisotopic (exact) mass is 431 g/mol. The minimum atomic E-state index is -3.60. The summed E-state index contributed by atoms with van der Waals surface area (Å²) in [6.45, 7) is -2.98. The molecule has 0 aliphatic heterocycles. The van der Waals surface area contributed by atoms with E-state index in [1.54, 1.807) is 6.07 Å². The fourth-order valence-electron chi connectivity index (χ4n) is 3.00. The minimum Gasteiger partial charge on any atom is -0.435 e. The fraction of sp³-hybridized carbons (Fsp3) is 0.136. The number of alkyl halides is 2. The van der Waals surface area contributed by atoms with Crippen LogP contribution in [-0.4, -0.2) is 27.2 Å². The normalized spacial score (nSPS) is 11.3. The predicted octanol–water partition coefficient (Wildman–Crippen LogP) is 4.53. The molecule has 5 nitrogen and oxygen atoms in total. The van der Waals surface area contributed by atoms with Gasteiger partial charge in [0.1, 0.15) is 5.75 Å². The van der Waals surface area contributed by atoms with Crippen molar-refractivity contribution in [3.8, 4) is 5.75 Å². The number of amides is 1. The maximum Gasteiger partial charge on any atom is 0.387 e. The third-order valence-electron chi connectivity index (χ3n) is 4.30. The summed E-state index contributed by atoms with van der Waals surface area (Å²) in [6, 6.07) is 19.4. The Morgan fingerprint density at radius 2 is 1.67 bits per heavy atom. The minimum absolute atomic E-state index is 0.00230.